The number of rotatable bonds is 6. The van der Waals surface area contributed by atoms with Crippen LogP contribution in [0.5, 0.6) is 0 Å². The molecule has 4 nitrogen and oxygen atoms in total. The normalized spacial score (nSPS) is 20.0. The van der Waals surface area contributed by atoms with Crippen molar-refractivity contribution in [2.24, 2.45) is 5.92 Å². The number of Topliss-reactive ketones (excluding diaryl/α,β-unsaturated/α-hetero) is 1. The van der Waals surface area contributed by atoms with E-state index in [0.29, 0.717) is 13.2 Å². The van der Waals surface area contributed by atoms with Crippen molar-refractivity contribution in [1.29, 1.82) is 0 Å². The molecule has 0 amide bonds. The molecule has 21 heavy (non-hydrogen) atoms. The van der Waals surface area contributed by atoms with Crippen molar-refractivity contribution in [3.63, 3.8) is 0 Å². The van der Waals surface area contributed by atoms with E-state index in [0.717, 1.165) is 17.7 Å². The van der Waals surface area contributed by atoms with Crippen LogP contribution in [0.1, 0.15) is 38.7 Å². The van der Waals surface area contributed by atoms with Gasteiger partial charge in [0, 0.05) is 5.69 Å². The number of benzene rings is 1. The molecule has 1 aliphatic rings. The molecule has 0 aromatic heterocycles. The average Bonchev–Trinajstić information content (AvgIpc) is 2.91. The van der Waals surface area contributed by atoms with E-state index in [2.05, 4.69) is 24.3 Å². The van der Waals surface area contributed by atoms with Gasteiger partial charge in [-0.2, -0.15) is 0 Å². The predicted octanol–water partition coefficient (Wildman–Crippen LogP) is 2.11. The van der Waals surface area contributed by atoms with E-state index in [4.69, 9.17) is 9.47 Å². The van der Waals surface area contributed by atoms with Crippen molar-refractivity contribution in [2.75, 3.05) is 18.4 Å². The fourth-order valence-electron chi connectivity index (χ4n) is 3.32. The van der Waals surface area contributed by atoms with E-state index in [1.165, 1.54) is 0 Å². The van der Waals surface area contributed by atoms with Crippen molar-refractivity contribution >= 4 is 19.5 Å². The molecule has 0 spiro atoms. The standard InChI is InChI=1S/C16H24BNO3/c1-4-14(12-6-5-7-13(10-12)18-17)15(11(2)19)16(3)20-8-9-21-16/h5-7,10,14-15,18H,4,8-9,17H2,1-3H3/t14-,15+/m1/s1. The van der Waals surface area contributed by atoms with E-state index < -0.39 is 5.79 Å². The number of hydrogen-bond acceptors (Lipinski definition) is 4. The molecule has 0 radical (unpaired) electrons. The van der Waals surface area contributed by atoms with Gasteiger partial charge in [-0.05, 0) is 43.9 Å². The maximum atomic E-state index is 12.3. The van der Waals surface area contributed by atoms with Crippen LogP contribution < -0.4 is 5.23 Å². The fourth-order valence-corrected chi connectivity index (χ4v) is 3.32. The molecule has 1 aliphatic heterocycles. The molecule has 2 rings (SSSR count). The molecule has 1 fully saturated rings. The summed E-state index contributed by atoms with van der Waals surface area (Å²) in [4.78, 5) is 12.3. The quantitative estimate of drug-likeness (QED) is 0.815. The largest absolute Gasteiger partial charge is 0.434 e. The number of anilines is 1. The summed E-state index contributed by atoms with van der Waals surface area (Å²) < 4.78 is 11.5. The van der Waals surface area contributed by atoms with Gasteiger partial charge in [-0.25, -0.2) is 0 Å². The molecule has 0 unspecified atom stereocenters. The lowest BCUT2D eigenvalue weighted by atomic mass is 9.77. The molecular weight excluding hydrogens is 265 g/mol. The first-order chi connectivity index (χ1) is 10.0. The third-order valence-electron chi connectivity index (χ3n) is 4.31. The van der Waals surface area contributed by atoms with Gasteiger partial charge >= 0.3 is 0 Å². The zero-order valence-electron chi connectivity index (χ0n) is 13.3. The van der Waals surface area contributed by atoms with Gasteiger partial charge in [-0.3, -0.25) is 4.79 Å². The number of hydrogen-bond donors (Lipinski definition) is 1. The van der Waals surface area contributed by atoms with Crippen LogP contribution in [0.25, 0.3) is 0 Å². The summed E-state index contributed by atoms with van der Waals surface area (Å²) in [7, 11) is 1.90. The highest BCUT2D eigenvalue weighted by atomic mass is 16.7. The van der Waals surface area contributed by atoms with Gasteiger partial charge in [0.05, 0.1) is 19.1 Å². The van der Waals surface area contributed by atoms with Crippen molar-refractivity contribution in [1.82, 2.24) is 0 Å². The highest BCUT2D eigenvalue weighted by Gasteiger charge is 2.46. The van der Waals surface area contributed by atoms with Crippen LogP contribution in [0, 0.1) is 5.92 Å². The number of ketones is 1. The predicted molar refractivity (Wildman–Crippen MR) is 86.1 cm³/mol. The SMILES string of the molecule is BNc1cccc([C@@H](CC)[C@H](C(C)=O)C2(C)OCCO2)c1. The smallest absolute Gasteiger partial charge is 0.213 e. The Bertz CT molecular complexity index is 500. The molecule has 1 N–H and O–H groups in total. The minimum absolute atomic E-state index is 0.0823. The van der Waals surface area contributed by atoms with Gasteiger partial charge < -0.3 is 14.7 Å². The third kappa shape index (κ3) is 3.30. The summed E-state index contributed by atoms with van der Waals surface area (Å²) in [5.41, 5.74) is 2.19. The molecule has 1 aromatic rings. The highest BCUT2D eigenvalue weighted by molar-refractivity contribution is 6.15. The second-order valence-corrected chi connectivity index (χ2v) is 5.69. The third-order valence-corrected chi connectivity index (χ3v) is 4.31. The van der Waals surface area contributed by atoms with Crippen LogP contribution >= 0.6 is 0 Å². The fraction of sp³-hybridized carbons (Fsp3) is 0.562. The van der Waals surface area contributed by atoms with Crippen molar-refractivity contribution in [3.8, 4) is 0 Å². The van der Waals surface area contributed by atoms with Crippen LogP contribution in [0.2, 0.25) is 0 Å². The van der Waals surface area contributed by atoms with E-state index in [1.54, 1.807) is 6.92 Å². The molecule has 2 atom stereocenters. The monoisotopic (exact) mass is 289 g/mol. The molecule has 0 bridgehead atoms. The van der Waals surface area contributed by atoms with Gasteiger partial charge in [0.1, 0.15) is 5.78 Å². The Kier molecular flexibility index (Phi) is 5.06. The van der Waals surface area contributed by atoms with Crippen LogP contribution in [-0.2, 0) is 14.3 Å². The lowest BCUT2D eigenvalue weighted by Gasteiger charge is -2.36. The molecule has 1 heterocycles. The molecule has 1 aromatic carbocycles. The number of carbonyl (C=O) groups is 1. The Morgan fingerprint density at radius 2 is 2.10 bits per heavy atom. The summed E-state index contributed by atoms with van der Waals surface area (Å²) in [6, 6.07) is 8.20. The van der Waals surface area contributed by atoms with Crippen molar-refractivity contribution < 1.29 is 14.3 Å². The Morgan fingerprint density at radius 1 is 1.43 bits per heavy atom. The Labute approximate surface area is 127 Å². The molecule has 0 aliphatic carbocycles. The number of ether oxygens (including phenoxy) is 2. The first-order valence-electron chi connectivity index (χ1n) is 7.58. The van der Waals surface area contributed by atoms with E-state index in [-0.39, 0.29) is 17.6 Å². The van der Waals surface area contributed by atoms with Gasteiger partial charge in [0.25, 0.3) is 0 Å². The first kappa shape index (κ1) is 16.1. The van der Waals surface area contributed by atoms with Crippen LogP contribution in [0.15, 0.2) is 24.3 Å². The molecule has 5 heteroatoms. The minimum Gasteiger partial charge on any atom is -0.434 e. The molecule has 114 valence electrons. The minimum atomic E-state index is -0.817. The van der Waals surface area contributed by atoms with Crippen molar-refractivity contribution in [3.05, 3.63) is 29.8 Å². The zero-order chi connectivity index (χ0) is 15.5. The summed E-state index contributed by atoms with van der Waals surface area (Å²) in [6.07, 6.45) is 0.861. The highest BCUT2D eigenvalue weighted by Crippen LogP contribution is 2.40. The van der Waals surface area contributed by atoms with Gasteiger partial charge in [0.15, 0.2) is 5.79 Å². The molecule has 1 saturated heterocycles. The first-order valence-corrected chi connectivity index (χ1v) is 7.58. The Morgan fingerprint density at radius 3 is 2.62 bits per heavy atom. The van der Waals surface area contributed by atoms with Crippen LogP contribution in [0.4, 0.5) is 5.69 Å². The lowest BCUT2D eigenvalue weighted by molar-refractivity contribution is -0.189. The number of nitrogens with one attached hydrogen (secondary N) is 1. The summed E-state index contributed by atoms with van der Waals surface area (Å²) in [5, 5.41) is 3.15. The topological polar surface area (TPSA) is 47.6 Å². The molecule has 0 saturated carbocycles. The summed E-state index contributed by atoms with van der Waals surface area (Å²) in [6.45, 7) is 6.72. The maximum absolute atomic E-state index is 12.3. The molecular formula is C16H24BNO3. The van der Waals surface area contributed by atoms with Crippen molar-refractivity contribution in [2.45, 2.75) is 38.9 Å². The maximum Gasteiger partial charge on any atom is 0.213 e. The number of carbonyl (C=O) groups excluding carboxylic acids is 1. The second-order valence-electron chi connectivity index (χ2n) is 5.69. The lowest BCUT2D eigenvalue weighted by Crippen LogP contribution is -2.43. The Hall–Kier alpha value is -1.33. The van der Waals surface area contributed by atoms with E-state index >= 15 is 0 Å². The van der Waals surface area contributed by atoms with Crippen LogP contribution in [0.3, 0.4) is 0 Å². The van der Waals surface area contributed by atoms with E-state index in [1.807, 2.05) is 27.0 Å². The second kappa shape index (κ2) is 6.63. The Balaban J connectivity index is 2.37. The zero-order valence-corrected chi connectivity index (χ0v) is 13.3. The average molecular weight is 289 g/mol. The van der Waals surface area contributed by atoms with Crippen LogP contribution in [-0.4, -0.2) is 32.8 Å². The summed E-state index contributed by atoms with van der Waals surface area (Å²) >= 11 is 0. The van der Waals surface area contributed by atoms with Gasteiger partial charge in [0.2, 0.25) is 7.98 Å². The summed E-state index contributed by atoms with van der Waals surface area (Å²) in [5.74, 6) is -0.917. The van der Waals surface area contributed by atoms with E-state index in [9.17, 15) is 4.79 Å². The van der Waals surface area contributed by atoms with Gasteiger partial charge in [-0.1, -0.05) is 19.1 Å². The van der Waals surface area contributed by atoms with Gasteiger partial charge in [-0.15, -0.1) is 0 Å².